The molecule has 2 aromatic rings. The molecule has 0 aliphatic carbocycles. The van der Waals surface area contributed by atoms with Crippen molar-refractivity contribution in [3.05, 3.63) is 50.4 Å². The number of halogens is 2. The molecule has 0 radical (unpaired) electrons. The summed E-state index contributed by atoms with van der Waals surface area (Å²) in [5.41, 5.74) is 7.14. The summed E-state index contributed by atoms with van der Waals surface area (Å²) in [5.74, 6) is 0.139. The maximum Gasteiger partial charge on any atom is 0.148 e. The van der Waals surface area contributed by atoms with E-state index in [1.807, 2.05) is 25.3 Å². The number of nitrogens with two attached hydrogens (primary N) is 1. The molecule has 0 spiro atoms. The van der Waals surface area contributed by atoms with Crippen molar-refractivity contribution < 1.29 is 9.13 Å². The number of ether oxygens (including phenoxy) is 1. The Balaban J connectivity index is 2.32. The van der Waals surface area contributed by atoms with Gasteiger partial charge in [-0.3, -0.25) is 0 Å². The van der Waals surface area contributed by atoms with Crippen molar-refractivity contribution in [2.24, 2.45) is 5.73 Å². The smallest absolute Gasteiger partial charge is 0.148 e. The van der Waals surface area contributed by atoms with Gasteiger partial charge in [-0.1, -0.05) is 0 Å². The zero-order valence-electron chi connectivity index (χ0n) is 10.7. The molecular weight excluding hydrogens is 329 g/mol. The first kappa shape index (κ1) is 14.5. The van der Waals surface area contributed by atoms with Gasteiger partial charge in [0.25, 0.3) is 0 Å². The molecule has 19 heavy (non-hydrogen) atoms. The van der Waals surface area contributed by atoms with Gasteiger partial charge in [-0.25, -0.2) is 4.39 Å². The van der Waals surface area contributed by atoms with Crippen molar-refractivity contribution in [1.82, 2.24) is 0 Å². The third kappa shape index (κ3) is 3.35. The SMILES string of the molecule is Cc1ccsc1C(Oc1cc(F)ccc1Br)C(C)N. The first-order valence-electron chi connectivity index (χ1n) is 5.90. The van der Waals surface area contributed by atoms with Crippen molar-refractivity contribution in [3.63, 3.8) is 0 Å². The topological polar surface area (TPSA) is 35.2 Å². The van der Waals surface area contributed by atoms with Crippen LogP contribution in [0.2, 0.25) is 0 Å². The van der Waals surface area contributed by atoms with Crippen molar-refractivity contribution in [1.29, 1.82) is 0 Å². The first-order chi connectivity index (χ1) is 8.99. The van der Waals surface area contributed by atoms with E-state index in [-0.39, 0.29) is 18.0 Å². The van der Waals surface area contributed by atoms with Crippen LogP contribution in [0.25, 0.3) is 0 Å². The zero-order chi connectivity index (χ0) is 14.0. The first-order valence-corrected chi connectivity index (χ1v) is 7.57. The second-order valence-corrected chi connectivity index (χ2v) is 6.24. The van der Waals surface area contributed by atoms with Gasteiger partial charge in [0.15, 0.2) is 0 Å². The Bertz CT molecular complexity index is 570. The summed E-state index contributed by atoms with van der Waals surface area (Å²) in [6.07, 6.45) is -0.280. The van der Waals surface area contributed by atoms with Crippen LogP contribution in [0.3, 0.4) is 0 Å². The molecule has 2 N–H and O–H groups in total. The van der Waals surface area contributed by atoms with Gasteiger partial charge in [0, 0.05) is 17.0 Å². The standard InChI is InChI=1S/C14H15BrFNOS/c1-8-5-6-19-14(8)13(9(2)17)18-12-7-10(16)3-4-11(12)15/h3-7,9,13H,17H2,1-2H3. The van der Waals surface area contributed by atoms with Crippen molar-refractivity contribution in [3.8, 4) is 5.75 Å². The van der Waals surface area contributed by atoms with Gasteiger partial charge >= 0.3 is 0 Å². The predicted octanol–water partition coefficient (Wildman–Crippen LogP) is 4.43. The lowest BCUT2D eigenvalue weighted by Crippen LogP contribution is -2.29. The largest absolute Gasteiger partial charge is 0.482 e. The molecule has 0 saturated carbocycles. The molecule has 1 aromatic carbocycles. The Morgan fingerprint density at radius 2 is 2.11 bits per heavy atom. The van der Waals surface area contributed by atoms with Gasteiger partial charge in [-0.15, -0.1) is 11.3 Å². The number of hydrogen-bond acceptors (Lipinski definition) is 3. The summed E-state index contributed by atoms with van der Waals surface area (Å²) in [5, 5.41) is 2.00. The van der Waals surface area contributed by atoms with E-state index < -0.39 is 0 Å². The number of hydrogen-bond donors (Lipinski definition) is 1. The lowest BCUT2D eigenvalue weighted by molar-refractivity contribution is 0.181. The van der Waals surface area contributed by atoms with Gasteiger partial charge < -0.3 is 10.5 Å². The van der Waals surface area contributed by atoms with E-state index in [2.05, 4.69) is 15.9 Å². The van der Waals surface area contributed by atoms with E-state index in [9.17, 15) is 4.39 Å². The average Bonchev–Trinajstić information content (AvgIpc) is 2.76. The fraction of sp³-hybridized carbons (Fsp3) is 0.286. The van der Waals surface area contributed by atoms with E-state index in [1.165, 1.54) is 12.1 Å². The fourth-order valence-electron chi connectivity index (χ4n) is 1.78. The number of aryl methyl sites for hydroxylation is 1. The van der Waals surface area contributed by atoms with Crippen molar-refractivity contribution >= 4 is 27.3 Å². The Hall–Kier alpha value is -0.910. The molecular formula is C14H15BrFNOS. The summed E-state index contributed by atoms with van der Waals surface area (Å²) in [7, 11) is 0. The quantitative estimate of drug-likeness (QED) is 0.891. The zero-order valence-corrected chi connectivity index (χ0v) is 13.1. The van der Waals surface area contributed by atoms with Crippen LogP contribution in [0.1, 0.15) is 23.5 Å². The summed E-state index contributed by atoms with van der Waals surface area (Å²) in [6.45, 7) is 3.90. The number of rotatable bonds is 4. The normalized spacial score (nSPS) is 14.2. The molecule has 0 aliphatic heterocycles. The molecule has 2 atom stereocenters. The summed E-state index contributed by atoms with van der Waals surface area (Å²) in [6, 6.07) is 6.22. The molecule has 0 bridgehead atoms. The maximum absolute atomic E-state index is 13.3. The Kier molecular flexibility index (Phi) is 4.60. The minimum Gasteiger partial charge on any atom is -0.482 e. The number of benzene rings is 1. The monoisotopic (exact) mass is 343 g/mol. The van der Waals surface area contributed by atoms with E-state index in [0.29, 0.717) is 10.2 Å². The van der Waals surface area contributed by atoms with Gasteiger partial charge in [0.1, 0.15) is 17.7 Å². The van der Waals surface area contributed by atoms with E-state index >= 15 is 0 Å². The number of thiophene rings is 1. The van der Waals surface area contributed by atoms with Crippen LogP contribution in [0.4, 0.5) is 4.39 Å². The lowest BCUT2D eigenvalue weighted by Gasteiger charge is -2.23. The molecule has 2 unspecified atom stereocenters. The van der Waals surface area contributed by atoms with Crippen LogP contribution in [0, 0.1) is 12.7 Å². The van der Waals surface area contributed by atoms with Crippen LogP contribution in [0.15, 0.2) is 34.1 Å². The van der Waals surface area contributed by atoms with Gasteiger partial charge in [0.05, 0.1) is 4.47 Å². The third-order valence-corrected chi connectivity index (χ3v) is 4.52. The molecule has 0 amide bonds. The summed E-state index contributed by atoms with van der Waals surface area (Å²) in [4.78, 5) is 1.08. The summed E-state index contributed by atoms with van der Waals surface area (Å²) < 4.78 is 19.9. The molecule has 0 saturated heterocycles. The highest BCUT2D eigenvalue weighted by Crippen LogP contribution is 2.34. The van der Waals surface area contributed by atoms with Crippen LogP contribution in [-0.4, -0.2) is 6.04 Å². The maximum atomic E-state index is 13.3. The highest BCUT2D eigenvalue weighted by atomic mass is 79.9. The molecule has 102 valence electrons. The van der Waals surface area contributed by atoms with Crippen LogP contribution in [0.5, 0.6) is 5.75 Å². The highest BCUT2D eigenvalue weighted by Gasteiger charge is 2.22. The Morgan fingerprint density at radius 1 is 1.37 bits per heavy atom. The second kappa shape index (κ2) is 6.03. The molecule has 0 fully saturated rings. The third-order valence-electron chi connectivity index (χ3n) is 2.78. The molecule has 2 rings (SSSR count). The van der Waals surface area contributed by atoms with Crippen LogP contribution < -0.4 is 10.5 Å². The minimum atomic E-state index is -0.329. The van der Waals surface area contributed by atoms with Crippen molar-refractivity contribution in [2.45, 2.75) is 26.0 Å². The van der Waals surface area contributed by atoms with Gasteiger partial charge in [0.2, 0.25) is 0 Å². The predicted molar refractivity (Wildman–Crippen MR) is 80.2 cm³/mol. The average molecular weight is 344 g/mol. The highest BCUT2D eigenvalue weighted by molar-refractivity contribution is 9.10. The van der Waals surface area contributed by atoms with Gasteiger partial charge in [-0.2, -0.15) is 0 Å². The van der Waals surface area contributed by atoms with E-state index in [1.54, 1.807) is 17.4 Å². The molecule has 0 aliphatic rings. The lowest BCUT2D eigenvalue weighted by atomic mass is 10.1. The molecule has 2 nitrogen and oxygen atoms in total. The van der Waals surface area contributed by atoms with Crippen molar-refractivity contribution in [2.75, 3.05) is 0 Å². The Labute approximate surface area is 124 Å². The Morgan fingerprint density at radius 3 is 2.68 bits per heavy atom. The van der Waals surface area contributed by atoms with Crippen LogP contribution in [-0.2, 0) is 0 Å². The second-order valence-electron chi connectivity index (χ2n) is 4.44. The van der Waals surface area contributed by atoms with Crippen LogP contribution >= 0.6 is 27.3 Å². The van der Waals surface area contributed by atoms with E-state index in [4.69, 9.17) is 10.5 Å². The minimum absolute atomic E-state index is 0.187. The molecule has 5 heteroatoms. The summed E-state index contributed by atoms with van der Waals surface area (Å²) >= 11 is 4.96. The van der Waals surface area contributed by atoms with Gasteiger partial charge in [-0.05, 0) is 58.9 Å². The van der Waals surface area contributed by atoms with E-state index in [0.717, 1.165) is 10.4 Å². The molecule has 1 aromatic heterocycles. The fourth-order valence-corrected chi connectivity index (χ4v) is 3.19. The molecule has 1 heterocycles.